The second-order valence-electron chi connectivity index (χ2n) is 6.71. The lowest BCUT2D eigenvalue weighted by atomic mass is 10.3. The van der Waals surface area contributed by atoms with Crippen molar-refractivity contribution in [1.29, 1.82) is 0 Å². The number of hydrogen-bond acceptors (Lipinski definition) is 9. The summed E-state index contributed by atoms with van der Waals surface area (Å²) < 4.78 is 5.31. The van der Waals surface area contributed by atoms with E-state index in [9.17, 15) is 0 Å². The number of halogens is 2. The third-order valence-electron chi connectivity index (χ3n) is 4.38. The van der Waals surface area contributed by atoms with E-state index in [0.29, 0.717) is 5.71 Å². The molecule has 1 aromatic carbocycles. The molecule has 0 spiro atoms. The van der Waals surface area contributed by atoms with Crippen LogP contribution >= 0.6 is 59.7 Å². The molecule has 0 aliphatic carbocycles. The Bertz CT molecular complexity index is 1360. The Balaban J connectivity index is 0.00000153. The molecule has 0 atom stereocenters. The molecule has 33 heavy (non-hydrogen) atoms. The van der Waals surface area contributed by atoms with Gasteiger partial charge < -0.3 is 9.84 Å². The van der Waals surface area contributed by atoms with Gasteiger partial charge in [-0.3, -0.25) is 0 Å². The second kappa shape index (κ2) is 11.2. The van der Waals surface area contributed by atoms with Crippen molar-refractivity contribution in [2.75, 3.05) is 5.32 Å². The molecule has 4 aromatic heterocycles. The van der Waals surface area contributed by atoms with Crippen LogP contribution in [-0.4, -0.2) is 20.1 Å². The van der Waals surface area contributed by atoms with Crippen LogP contribution in [0.5, 0.6) is 0 Å². The quantitative estimate of drug-likeness (QED) is 0.238. The van der Waals surface area contributed by atoms with Gasteiger partial charge in [-0.1, -0.05) is 46.9 Å². The molecule has 0 aliphatic heterocycles. The Labute approximate surface area is 215 Å². The normalized spacial score (nSPS) is 10.5. The number of aromatic nitrogens is 4. The number of anilines is 2. The molecule has 4 heterocycles. The van der Waals surface area contributed by atoms with Crippen LogP contribution in [0.3, 0.4) is 0 Å². The van der Waals surface area contributed by atoms with Crippen molar-refractivity contribution >= 4 is 81.7 Å². The highest BCUT2D eigenvalue weighted by Gasteiger charge is 2.14. The summed E-state index contributed by atoms with van der Waals surface area (Å²) in [6.45, 7) is 3.91. The summed E-state index contributed by atoms with van der Waals surface area (Å²) in [6, 6.07) is 14.4. The van der Waals surface area contributed by atoms with Gasteiger partial charge in [0.2, 0.25) is 0 Å². The van der Waals surface area contributed by atoms with Crippen molar-refractivity contribution in [2.45, 2.75) is 33.4 Å². The van der Waals surface area contributed by atoms with E-state index in [1.165, 1.54) is 0 Å². The average molecular weight is 537 g/mol. The fourth-order valence-corrected chi connectivity index (χ4v) is 5.68. The maximum absolute atomic E-state index is 5.31. The largest absolute Gasteiger partial charge is 0.336 e. The van der Waals surface area contributed by atoms with E-state index in [4.69, 9.17) is 9.51 Å². The number of rotatable bonds is 6. The van der Waals surface area contributed by atoms with Crippen molar-refractivity contribution in [2.24, 2.45) is 0 Å². The molecule has 0 saturated heterocycles. The number of benzene rings is 1. The predicted octanol–water partition coefficient (Wildman–Crippen LogP) is 7.58. The molecule has 0 unspecified atom stereocenters. The molecule has 6 nitrogen and oxygen atoms in total. The molecular weight excluding hydrogens is 517 g/mol. The highest BCUT2D eigenvalue weighted by atomic mass is 35.5. The Morgan fingerprint density at radius 1 is 0.939 bits per heavy atom. The van der Waals surface area contributed by atoms with Crippen LogP contribution in [0.2, 0.25) is 0 Å². The minimum absolute atomic E-state index is 0. The molecule has 5 aromatic rings. The standard InChI is InChI=1S/C22H17N5OS3.2ClH/c1-13-12-29-22(25-13)26-20-18(30-15-6-4-3-5-7-15)10-16(11-24-20)31-17-8-9-23-21-19(17)14(2)27-28-21;;/h3-12H,1-2H3,(H,24,25,26);2*1H. The summed E-state index contributed by atoms with van der Waals surface area (Å²) in [5.41, 5.74) is 2.37. The molecule has 0 fully saturated rings. The van der Waals surface area contributed by atoms with Crippen LogP contribution in [0.15, 0.2) is 84.3 Å². The van der Waals surface area contributed by atoms with Gasteiger partial charge in [0.15, 0.2) is 5.13 Å². The minimum Gasteiger partial charge on any atom is -0.336 e. The lowest BCUT2D eigenvalue weighted by molar-refractivity contribution is 0.443. The smallest absolute Gasteiger partial charge is 0.259 e. The topological polar surface area (TPSA) is 76.7 Å². The Morgan fingerprint density at radius 3 is 2.48 bits per heavy atom. The van der Waals surface area contributed by atoms with Gasteiger partial charge in [0.25, 0.3) is 5.71 Å². The van der Waals surface area contributed by atoms with Crippen LogP contribution < -0.4 is 5.32 Å². The third-order valence-corrected chi connectivity index (χ3v) is 7.31. The van der Waals surface area contributed by atoms with E-state index in [0.717, 1.165) is 47.3 Å². The van der Waals surface area contributed by atoms with E-state index in [1.54, 1.807) is 41.1 Å². The fourth-order valence-electron chi connectivity index (χ4n) is 2.98. The first-order valence-electron chi connectivity index (χ1n) is 9.46. The van der Waals surface area contributed by atoms with Crippen molar-refractivity contribution in [3.63, 3.8) is 0 Å². The van der Waals surface area contributed by atoms with Crippen molar-refractivity contribution < 1.29 is 4.52 Å². The van der Waals surface area contributed by atoms with Gasteiger partial charge in [-0.25, -0.2) is 15.0 Å². The summed E-state index contributed by atoms with van der Waals surface area (Å²) in [7, 11) is 0. The molecule has 0 saturated carbocycles. The lowest BCUT2D eigenvalue weighted by Gasteiger charge is -2.11. The van der Waals surface area contributed by atoms with E-state index in [2.05, 4.69) is 38.6 Å². The molecule has 0 amide bonds. The highest BCUT2D eigenvalue weighted by molar-refractivity contribution is 8.00. The minimum atomic E-state index is 0. The highest BCUT2D eigenvalue weighted by Crippen LogP contribution is 2.39. The van der Waals surface area contributed by atoms with Crippen molar-refractivity contribution in [3.8, 4) is 0 Å². The van der Waals surface area contributed by atoms with E-state index in [1.807, 2.05) is 49.7 Å². The number of nitrogens with one attached hydrogen (secondary N) is 1. The number of thiazole rings is 1. The summed E-state index contributed by atoms with van der Waals surface area (Å²) in [5.74, 6) is 0.786. The van der Waals surface area contributed by atoms with Crippen LogP contribution in [0.25, 0.3) is 11.1 Å². The zero-order valence-corrected chi connectivity index (χ0v) is 21.6. The molecule has 11 heteroatoms. The number of hydrogen-bond donors (Lipinski definition) is 1. The first kappa shape index (κ1) is 25.3. The zero-order valence-electron chi connectivity index (χ0n) is 17.5. The number of aryl methyl sites for hydroxylation is 2. The van der Waals surface area contributed by atoms with Gasteiger partial charge in [-0.15, -0.1) is 36.2 Å². The Hall–Kier alpha value is -2.30. The maximum Gasteiger partial charge on any atom is 0.259 e. The van der Waals surface area contributed by atoms with Crippen LogP contribution in [0, 0.1) is 13.8 Å². The number of pyridine rings is 2. The number of fused-ring (bicyclic) bond motifs is 1. The SMILES string of the molecule is Cc1csc(Nc2ncc(Sc3ccnc4onc(C)c34)cc2Sc2ccccc2)n1.Cl.Cl. The zero-order chi connectivity index (χ0) is 21.2. The maximum atomic E-state index is 5.31. The molecule has 0 aliphatic rings. The summed E-state index contributed by atoms with van der Waals surface area (Å²) in [4.78, 5) is 17.7. The van der Waals surface area contributed by atoms with Crippen LogP contribution in [0.1, 0.15) is 11.4 Å². The van der Waals surface area contributed by atoms with Gasteiger partial charge in [0.05, 0.1) is 21.7 Å². The monoisotopic (exact) mass is 535 g/mol. The Morgan fingerprint density at radius 2 is 1.73 bits per heavy atom. The fraction of sp³-hybridized carbons (Fsp3) is 0.0909. The second-order valence-corrected chi connectivity index (χ2v) is 9.80. The molecule has 1 N–H and O–H groups in total. The average Bonchev–Trinajstić information content (AvgIpc) is 3.36. The Kier molecular flexibility index (Phi) is 8.61. The summed E-state index contributed by atoms with van der Waals surface area (Å²) >= 11 is 4.86. The van der Waals surface area contributed by atoms with Crippen LogP contribution in [0.4, 0.5) is 10.9 Å². The van der Waals surface area contributed by atoms with Crippen molar-refractivity contribution in [3.05, 3.63) is 71.6 Å². The molecule has 170 valence electrons. The van der Waals surface area contributed by atoms with Gasteiger partial charge in [-0.05, 0) is 38.1 Å². The number of nitrogens with zero attached hydrogens (tertiary/aromatic N) is 4. The molecule has 0 radical (unpaired) electrons. The summed E-state index contributed by atoms with van der Waals surface area (Å²) in [5, 5.41) is 11.2. The van der Waals surface area contributed by atoms with E-state index >= 15 is 0 Å². The first-order valence-corrected chi connectivity index (χ1v) is 12.0. The third kappa shape index (κ3) is 5.80. The van der Waals surface area contributed by atoms with Crippen LogP contribution in [-0.2, 0) is 0 Å². The lowest BCUT2D eigenvalue weighted by Crippen LogP contribution is -1.96. The van der Waals surface area contributed by atoms with E-state index < -0.39 is 0 Å². The summed E-state index contributed by atoms with van der Waals surface area (Å²) in [6.07, 6.45) is 3.61. The molecule has 5 rings (SSSR count). The molecular formula is C22H19Cl2N5OS3. The van der Waals surface area contributed by atoms with E-state index in [-0.39, 0.29) is 24.8 Å². The predicted molar refractivity (Wildman–Crippen MR) is 140 cm³/mol. The van der Waals surface area contributed by atoms with Gasteiger partial charge in [0, 0.05) is 32.5 Å². The van der Waals surface area contributed by atoms with Gasteiger partial charge >= 0.3 is 0 Å². The van der Waals surface area contributed by atoms with Gasteiger partial charge in [-0.2, -0.15) is 0 Å². The van der Waals surface area contributed by atoms with Gasteiger partial charge in [0.1, 0.15) is 5.82 Å². The molecule has 0 bridgehead atoms. The van der Waals surface area contributed by atoms with Crippen molar-refractivity contribution in [1.82, 2.24) is 20.1 Å². The first-order chi connectivity index (χ1) is 15.2.